The molecule has 0 radical (unpaired) electrons. The van der Waals surface area contributed by atoms with Crippen molar-refractivity contribution in [3.63, 3.8) is 0 Å². The van der Waals surface area contributed by atoms with Gasteiger partial charge >= 0.3 is 5.97 Å². The molecule has 0 aromatic heterocycles. The van der Waals surface area contributed by atoms with Crippen molar-refractivity contribution in [2.24, 2.45) is 5.92 Å². The van der Waals surface area contributed by atoms with Crippen LogP contribution in [0, 0.1) is 5.92 Å². The zero-order valence-corrected chi connectivity index (χ0v) is 13.0. The van der Waals surface area contributed by atoms with E-state index in [0.717, 1.165) is 25.7 Å². The highest BCUT2D eigenvalue weighted by molar-refractivity contribution is 5.88. The quantitative estimate of drug-likeness (QED) is 0.712. The molecule has 0 unspecified atom stereocenters. The van der Waals surface area contributed by atoms with E-state index in [-0.39, 0.29) is 12.5 Å². The van der Waals surface area contributed by atoms with Gasteiger partial charge in [-0.1, -0.05) is 43.2 Å². The summed E-state index contributed by atoms with van der Waals surface area (Å²) >= 11 is 0. The van der Waals surface area contributed by atoms with Gasteiger partial charge in [-0.05, 0) is 24.3 Å². The summed E-state index contributed by atoms with van der Waals surface area (Å²) in [6.45, 7) is -0.206. The van der Waals surface area contributed by atoms with E-state index >= 15 is 0 Å². The van der Waals surface area contributed by atoms with Crippen LogP contribution in [0.2, 0.25) is 0 Å². The third-order valence-corrected chi connectivity index (χ3v) is 4.08. The molecule has 2 rings (SSSR count). The average molecular weight is 318 g/mol. The molecular formula is C17H22N2O4. The molecule has 1 saturated carbocycles. The number of carbonyl (C=O) groups is 3. The van der Waals surface area contributed by atoms with Crippen molar-refractivity contribution in [2.75, 3.05) is 6.54 Å². The van der Waals surface area contributed by atoms with Gasteiger partial charge in [0.25, 0.3) is 0 Å². The second-order valence-corrected chi connectivity index (χ2v) is 5.88. The number of nitrogens with one attached hydrogen (secondary N) is 2. The Balaban J connectivity index is 1.80. The number of carbonyl (C=O) groups excluding carboxylic acids is 2. The Morgan fingerprint density at radius 1 is 1.09 bits per heavy atom. The number of benzene rings is 1. The van der Waals surface area contributed by atoms with Crippen LogP contribution in [0.15, 0.2) is 30.3 Å². The van der Waals surface area contributed by atoms with Crippen molar-refractivity contribution in [1.29, 1.82) is 0 Å². The minimum Gasteiger partial charge on any atom is -0.479 e. The van der Waals surface area contributed by atoms with Crippen LogP contribution in [0.4, 0.5) is 0 Å². The average Bonchev–Trinajstić information content (AvgIpc) is 3.04. The largest absolute Gasteiger partial charge is 0.479 e. The van der Waals surface area contributed by atoms with Crippen LogP contribution < -0.4 is 10.6 Å². The Morgan fingerprint density at radius 2 is 1.74 bits per heavy atom. The molecule has 1 aromatic carbocycles. The molecule has 0 bridgehead atoms. The van der Waals surface area contributed by atoms with Crippen LogP contribution in [0.5, 0.6) is 0 Å². The number of carboxylic acids is 1. The van der Waals surface area contributed by atoms with Crippen molar-refractivity contribution in [1.82, 2.24) is 10.6 Å². The number of rotatable bonds is 7. The molecule has 1 atom stereocenters. The Hall–Kier alpha value is -2.37. The number of amides is 2. The van der Waals surface area contributed by atoms with E-state index in [0.29, 0.717) is 17.9 Å². The van der Waals surface area contributed by atoms with Crippen LogP contribution in [0.3, 0.4) is 0 Å². The third kappa shape index (κ3) is 5.39. The normalized spacial score (nSPS) is 15.8. The van der Waals surface area contributed by atoms with Crippen LogP contribution in [-0.2, 0) is 14.4 Å². The summed E-state index contributed by atoms with van der Waals surface area (Å²) in [5.41, 5.74) is 0.491. The van der Waals surface area contributed by atoms with Gasteiger partial charge in [0.1, 0.15) is 0 Å². The van der Waals surface area contributed by atoms with Crippen molar-refractivity contribution in [3.8, 4) is 0 Å². The first-order valence-corrected chi connectivity index (χ1v) is 7.90. The smallest absolute Gasteiger partial charge is 0.330 e. The molecule has 0 spiro atoms. The Bertz CT molecular complexity index is 553. The Morgan fingerprint density at radius 3 is 2.35 bits per heavy atom. The summed E-state index contributed by atoms with van der Waals surface area (Å²) in [7, 11) is 0. The van der Waals surface area contributed by atoms with E-state index in [1.807, 2.05) is 0 Å². The van der Waals surface area contributed by atoms with Crippen LogP contribution in [-0.4, -0.2) is 29.4 Å². The molecule has 0 saturated heterocycles. The molecule has 124 valence electrons. The van der Waals surface area contributed by atoms with Crippen molar-refractivity contribution in [2.45, 2.75) is 38.1 Å². The number of hydrogen-bond donors (Lipinski definition) is 3. The first kappa shape index (κ1) is 17.0. The van der Waals surface area contributed by atoms with E-state index in [1.165, 1.54) is 0 Å². The maximum Gasteiger partial charge on any atom is 0.330 e. The van der Waals surface area contributed by atoms with Gasteiger partial charge in [0.05, 0.1) is 6.54 Å². The fourth-order valence-electron chi connectivity index (χ4n) is 2.87. The molecule has 1 fully saturated rings. The number of carboxylic acid groups (broad SMARTS) is 1. The van der Waals surface area contributed by atoms with E-state index in [9.17, 15) is 19.5 Å². The minimum atomic E-state index is -1.14. The second kappa shape index (κ2) is 8.31. The molecule has 2 amide bonds. The molecule has 6 nitrogen and oxygen atoms in total. The van der Waals surface area contributed by atoms with Gasteiger partial charge in [-0.2, -0.15) is 0 Å². The van der Waals surface area contributed by atoms with Gasteiger partial charge in [-0.25, -0.2) is 4.79 Å². The zero-order valence-electron chi connectivity index (χ0n) is 13.0. The van der Waals surface area contributed by atoms with Gasteiger partial charge in [-0.3, -0.25) is 9.59 Å². The predicted octanol–water partition coefficient (Wildman–Crippen LogP) is 1.62. The summed E-state index contributed by atoms with van der Waals surface area (Å²) in [4.78, 5) is 35.0. The highest BCUT2D eigenvalue weighted by atomic mass is 16.4. The minimum absolute atomic E-state index is 0.154. The van der Waals surface area contributed by atoms with Gasteiger partial charge in [0.15, 0.2) is 6.04 Å². The standard InChI is InChI=1S/C17H22N2O4/c20-14(10-12-6-4-5-7-12)18-11-15(21)19-16(17(22)23)13-8-2-1-3-9-13/h1-3,8-9,12,16H,4-7,10-11H2,(H,18,20)(H,19,21)(H,22,23)/t16-/m0/s1. The maximum absolute atomic E-state index is 11.9. The topological polar surface area (TPSA) is 95.5 Å². The van der Waals surface area contributed by atoms with Crippen molar-refractivity contribution >= 4 is 17.8 Å². The zero-order chi connectivity index (χ0) is 16.7. The predicted molar refractivity (Wildman–Crippen MR) is 84.5 cm³/mol. The molecule has 1 aliphatic rings. The fourth-order valence-corrected chi connectivity index (χ4v) is 2.87. The molecule has 6 heteroatoms. The molecule has 1 aromatic rings. The summed E-state index contributed by atoms with van der Waals surface area (Å²) in [5.74, 6) is -1.39. The van der Waals surface area contributed by atoms with Crippen molar-refractivity contribution in [3.05, 3.63) is 35.9 Å². The van der Waals surface area contributed by atoms with E-state index in [2.05, 4.69) is 10.6 Å². The van der Waals surface area contributed by atoms with Crippen LogP contribution in [0.1, 0.15) is 43.7 Å². The summed E-state index contributed by atoms with van der Waals surface area (Å²) in [6, 6.07) is 7.35. The lowest BCUT2D eigenvalue weighted by Gasteiger charge is -2.15. The first-order chi connectivity index (χ1) is 11.1. The van der Waals surface area contributed by atoms with Gasteiger partial charge in [0.2, 0.25) is 11.8 Å². The van der Waals surface area contributed by atoms with Crippen LogP contribution in [0.25, 0.3) is 0 Å². The molecule has 1 aliphatic carbocycles. The molecule has 23 heavy (non-hydrogen) atoms. The summed E-state index contributed by atoms with van der Waals surface area (Å²) < 4.78 is 0. The SMILES string of the molecule is O=C(CC1CCCC1)NCC(=O)N[C@H](C(=O)O)c1ccccc1. The lowest BCUT2D eigenvalue weighted by molar-refractivity contribution is -0.141. The Labute approximate surface area is 135 Å². The highest BCUT2D eigenvalue weighted by Gasteiger charge is 2.22. The van der Waals surface area contributed by atoms with E-state index in [4.69, 9.17) is 0 Å². The lowest BCUT2D eigenvalue weighted by atomic mass is 10.0. The molecule has 0 heterocycles. The van der Waals surface area contributed by atoms with Gasteiger partial charge in [-0.15, -0.1) is 0 Å². The fraction of sp³-hybridized carbons (Fsp3) is 0.471. The number of aliphatic carboxylic acids is 1. The van der Waals surface area contributed by atoms with Crippen LogP contribution >= 0.6 is 0 Å². The summed E-state index contributed by atoms with van der Waals surface area (Å²) in [6.07, 6.45) is 4.89. The third-order valence-electron chi connectivity index (χ3n) is 4.08. The molecule has 3 N–H and O–H groups in total. The monoisotopic (exact) mass is 318 g/mol. The van der Waals surface area contributed by atoms with Gasteiger partial charge < -0.3 is 15.7 Å². The second-order valence-electron chi connectivity index (χ2n) is 5.88. The maximum atomic E-state index is 11.9. The van der Waals surface area contributed by atoms with E-state index in [1.54, 1.807) is 30.3 Å². The Kier molecular flexibility index (Phi) is 6.14. The highest BCUT2D eigenvalue weighted by Crippen LogP contribution is 2.27. The summed E-state index contributed by atoms with van der Waals surface area (Å²) in [5, 5.41) is 14.2. The lowest BCUT2D eigenvalue weighted by Crippen LogP contribution is -2.41. The molecule has 0 aliphatic heterocycles. The van der Waals surface area contributed by atoms with Gasteiger partial charge in [0, 0.05) is 6.42 Å². The van der Waals surface area contributed by atoms with Crippen molar-refractivity contribution < 1.29 is 19.5 Å². The number of hydrogen-bond acceptors (Lipinski definition) is 3. The van der Waals surface area contributed by atoms with E-state index < -0.39 is 17.9 Å². The first-order valence-electron chi connectivity index (χ1n) is 7.90. The molecular weight excluding hydrogens is 296 g/mol.